The maximum absolute atomic E-state index is 12.9. The third kappa shape index (κ3) is 3.27. The minimum Gasteiger partial charge on any atom is -0.463 e. The van der Waals surface area contributed by atoms with Crippen LogP contribution in [0.1, 0.15) is 40.9 Å². The lowest BCUT2D eigenvalue weighted by Gasteiger charge is -2.24. The van der Waals surface area contributed by atoms with E-state index in [2.05, 4.69) is 12.2 Å². The second kappa shape index (κ2) is 7.00. The summed E-state index contributed by atoms with van der Waals surface area (Å²) in [5, 5.41) is 3.01. The third-order valence-corrected chi connectivity index (χ3v) is 5.18. The van der Waals surface area contributed by atoms with Gasteiger partial charge in [0.15, 0.2) is 5.58 Å². The highest BCUT2D eigenvalue weighted by Crippen LogP contribution is 2.25. The number of rotatable bonds is 4. The van der Waals surface area contributed by atoms with Gasteiger partial charge in [-0.15, -0.1) is 0 Å². The third-order valence-electron chi connectivity index (χ3n) is 5.18. The van der Waals surface area contributed by atoms with E-state index >= 15 is 0 Å². The lowest BCUT2D eigenvalue weighted by atomic mass is 10.1. The van der Waals surface area contributed by atoms with Crippen LogP contribution < -0.4 is 5.32 Å². The summed E-state index contributed by atoms with van der Waals surface area (Å²) in [5.41, 5.74) is 5.43. The predicted molar refractivity (Wildman–Crippen MR) is 102 cm³/mol. The summed E-state index contributed by atoms with van der Waals surface area (Å²) < 4.78 is 13.4. The molecule has 0 radical (unpaired) electrons. The molecule has 1 N–H and O–H groups in total. The molecule has 0 spiro atoms. The average molecular weight is 352 g/mol. The van der Waals surface area contributed by atoms with E-state index in [1.165, 1.54) is 12.0 Å². The van der Waals surface area contributed by atoms with Gasteiger partial charge in [-0.3, -0.25) is 4.79 Å². The van der Waals surface area contributed by atoms with Crippen molar-refractivity contribution in [1.82, 2.24) is 4.57 Å². The lowest BCUT2D eigenvalue weighted by Crippen LogP contribution is -2.27. The Kier molecular flexibility index (Phi) is 4.55. The number of hydrogen-bond acceptors (Lipinski definition) is 3. The highest BCUT2D eigenvalue weighted by atomic mass is 16.5. The zero-order valence-corrected chi connectivity index (χ0v) is 15.2. The van der Waals surface area contributed by atoms with Gasteiger partial charge in [0.2, 0.25) is 0 Å². The normalized spacial score (nSPS) is 17.5. The molecule has 2 aromatic heterocycles. The number of benzene rings is 1. The Balaban J connectivity index is 1.62. The molecule has 4 rings (SSSR count). The quantitative estimate of drug-likeness (QED) is 0.742. The molecule has 3 heterocycles. The monoisotopic (exact) mass is 352 g/mol. The molecule has 5 heteroatoms. The van der Waals surface area contributed by atoms with Crippen molar-refractivity contribution < 1.29 is 13.9 Å². The molecule has 1 atom stereocenters. The van der Waals surface area contributed by atoms with Gasteiger partial charge in [-0.1, -0.05) is 6.07 Å². The summed E-state index contributed by atoms with van der Waals surface area (Å²) in [7, 11) is 0. The van der Waals surface area contributed by atoms with Crippen LogP contribution in [0.15, 0.2) is 41.0 Å². The van der Waals surface area contributed by atoms with E-state index in [0.717, 1.165) is 41.8 Å². The van der Waals surface area contributed by atoms with Crippen LogP contribution in [0.5, 0.6) is 0 Å². The first-order valence-corrected chi connectivity index (χ1v) is 9.19. The molecule has 136 valence electrons. The van der Waals surface area contributed by atoms with Gasteiger partial charge in [-0.05, 0) is 56.4 Å². The van der Waals surface area contributed by atoms with Gasteiger partial charge in [-0.25, -0.2) is 0 Å². The van der Waals surface area contributed by atoms with Crippen LogP contribution in [-0.2, 0) is 11.3 Å². The molecular formula is C21H24N2O3. The maximum Gasteiger partial charge on any atom is 0.272 e. The van der Waals surface area contributed by atoms with Gasteiger partial charge >= 0.3 is 0 Å². The van der Waals surface area contributed by atoms with Gasteiger partial charge in [0, 0.05) is 31.0 Å². The Morgan fingerprint density at radius 3 is 2.85 bits per heavy atom. The van der Waals surface area contributed by atoms with Crippen LogP contribution in [0.3, 0.4) is 0 Å². The van der Waals surface area contributed by atoms with E-state index in [1.807, 2.05) is 41.8 Å². The second-order valence-corrected chi connectivity index (χ2v) is 7.05. The molecule has 0 bridgehead atoms. The number of amides is 1. The summed E-state index contributed by atoms with van der Waals surface area (Å²) in [6.07, 6.45) is 5.11. The molecule has 1 aliphatic rings. The van der Waals surface area contributed by atoms with Crippen molar-refractivity contribution in [3.05, 3.63) is 53.4 Å². The average Bonchev–Trinajstić information content (AvgIpc) is 3.22. The smallest absolute Gasteiger partial charge is 0.272 e. The van der Waals surface area contributed by atoms with Gasteiger partial charge < -0.3 is 19.0 Å². The molecule has 1 aromatic carbocycles. The molecule has 26 heavy (non-hydrogen) atoms. The fourth-order valence-electron chi connectivity index (χ4n) is 3.53. The first-order valence-electron chi connectivity index (χ1n) is 9.19. The first-order chi connectivity index (χ1) is 12.6. The topological polar surface area (TPSA) is 56.4 Å². The van der Waals surface area contributed by atoms with Gasteiger partial charge in [0.05, 0.1) is 17.9 Å². The number of nitrogens with zero attached hydrogens (tertiary/aromatic N) is 1. The number of nitrogens with one attached hydrogen (secondary N) is 1. The number of fused-ring (bicyclic) bond motifs is 1. The minimum atomic E-state index is -0.129. The number of hydrogen-bond donors (Lipinski definition) is 1. The summed E-state index contributed by atoms with van der Waals surface area (Å²) in [4.78, 5) is 12.9. The Morgan fingerprint density at radius 2 is 2.08 bits per heavy atom. The van der Waals surface area contributed by atoms with E-state index in [0.29, 0.717) is 12.2 Å². The molecule has 5 nitrogen and oxygen atoms in total. The molecule has 1 unspecified atom stereocenters. The SMILES string of the molecule is Cc1ccc(NC(=O)c2cc3occc3n2CC2CCCCO2)cc1C. The largest absolute Gasteiger partial charge is 0.463 e. The van der Waals surface area contributed by atoms with E-state index in [9.17, 15) is 4.79 Å². The maximum atomic E-state index is 12.9. The van der Waals surface area contributed by atoms with Crippen LogP contribution in [0, 0.1) is 13.8 Å². The molecule has 0 saturated carbocycles. The Hall–Kier alpha value is -2.53. The van der Waals surface area contributed by atoms with Crippen molar-refractivity contribution in [2.24, 2.45) is 0 Å². The number of aryl methyl sites for hydroxylation is 2. The van der Waals surface area contributed by atoms with E-state index in [-0.39, 0.29) is 12.0 Å². The molecule has 0 aliphatic carbocycles. The highest BCUT2D eigenvalue weighted by molar-refractivity contribution is 6.05. The molecule has 1 saturated heterocycles. The predicted octanol–water partition coefficient (Wildman–Crippen LogP) is 4.67. The van der Waals surface area contributed by atoms with Crippen molar-refractivity contribution in [2.45, 2.75) is 45.8 Å². The number of carbonyl (C=O) groups excluding carboxylic acids is 1. The summed E-state index contributed by atoms with van der Waals surface area (Å²) >= 11 is 0. The minimum absolute atomic E-state index is 0.129. The van der Waals surface area contributed by atoms with Crippen LogP contribution >= 0.6 is 0 Å². The molecule has 1 fully saturated rings. The van der Waals surface area contributed by atoms with Gasteiger partial charge in [0.1, 0.15) is 5.69 Å². The lowest BCUT2D eigenvalue weighted by molar-refractivity contribution is 0.00642. The van der Waals surface area contributed by atoms with Crippen molar-refractivity contribution >= 4 is 22.7 Å². The zero-order valence-electron chi connectivity index (χ0n) is 15.2. The molecule has 1 amide bonds. The van der Waals surface area contributed by atoms with Crippen LogP contribution in [0.25, 0.3) is 11.1 Å². The fraction of sp³-hybridized carbons (Fsp3) is 0.381. The van der Waals surface area contributed by atoms with Crippen molar-refractivity contribution in [3.8, 4) is 0 Å². The first kappa shape index (κ1) is 16.9. The zero-order chi connectivity index (χ0) is 18.1. The van der Waals surface area contributed by atoms with Crippen LogP contribution in [0.4, 0.5) is 5.69 Å². The number of carbonyl (C=O) groups is 1. The Labute approximate surface area is 152 Å². The summed E-state index contributed by atoms with van der Waals surface area (Å²) in [5.74, 6) is -0.129. The molecular weight excluding hydrogens is 328 g/mol. The van der Waals surface area contributed by atoms with E-state index in [4.69, 9.17) is 9.15 Å². The second-order valence-electron chi connectivity index (χ2n) is 7.05. The van der Waals surface area contributed by atoms with E-state index in [1.54, 1.807) is 6.26 Å². The Morgan fingerprint density at radius 1 is 1.19 bits per heavy atom. The standard InChI is InChI=1S/C21H24N2O3/c1-14-6-7-16(11-15(14)2)22-21(24)19-12-20-18(8-10-26-20)23(19)13-17-5-3-4-9-25-17/h6-8,10-12,17H,3-5,9,13H2,1-2H3,(H,22,24). The summed E-state index contributed by atoms with van der Waals surface area (Å²) in [6.45, 7) is 5.56. The number of aromatic nitrogens is 1. The molecule has 3 aromatic rings. The van der Waals surface area contributed by atoms with Crippen LogP contribution in [0.2, 0.25) is 0 Å². The summed E-state index contributed by atoms with van der Waals surface area (Å²) in [6, 6.07) is 9.67. The van der Waals surface area contributed by atoms with Crippen LogP contribution in [-0.4, -0.2) is 23.2 Å². The van der Waals surface area contributed by atoms with Crippen molar-refractivity contribution in [1.29, 1.82) is 0 Å². The van der Waals surface area contributed by atoms with Crippen molar-refractivity contribution in [2.75, 3.05) is 11.9 Å². The number of ether oxygens (including phenoxy) is 1. The van der Waals surface area contributed by atoms with Crippen molar-refractivity contribution in [3.63, 3.8) is 0 Å². The highest BCUT2D eigenvalue weighted by Gasteiger charge is 2.22. The molecule has 1 aliphatic heterocycles. The fourth-order valence-corrected chi connectivity index (χ4v) is 3.53. The number of furan rings is 1. The van der Waals surface area contributed by atoms with Gasteiger partial charge in [0.25, 0.3) is 5.91 Å². The Bertz CT molecular complexity index is 932. The van der Waals surface area contributed by atoms with Gasteiger partial charge in [-0.2, -0.15) is 0 Å². The van der Waals surface area contributed by atoms with E-state index < -0.39 is 0 Å². The number of anilines is 1.